The molecule has 1 atom stereocenters. The van der Waals surface area contributed by atoms with Crippen LogP contribution in [0, 0.1) is 11.7 Å². The summed E-state index contributed by atoms with van der Waals surface area (Å²) < 4.78 is 13.7. The Labute approximate surface area is 129 Å². The number of carbonyl (C=O) groups is 2. The van der Waals surface area contributed by atoms with Gasteiger partial charge in [-0.2, -0.15) is 0 Å². The van der Waals surface area contributed by atoms with Crippen molar-refractivity contribution in [2.75, 3.05) is 0 Å². The molecule has 1 fully saturated rings. The van der Waals surface area contributed by atoms with Crippen LogP contribution in [0.15, 0.2) is 24.3 Å². The minimum Gasteiger partial charge on any atom is -0.480 e. The second-order valence-corrected chi connectivity index (χ2v) is 5.88. The van der Waals surface area contributed by atoms with Crippen LogP contribution in [0.1, 0.15) is 44.1 Å². The molecule has 1 aliphatic rings. The summed E-state index contributed by atoms with van der Waals surface area (Å²) in [4.78, 5) is 23.6. The maximum Gasteiger partial charge on any atom is 0.326 e. The summed E-state index contributed by atoms with van der Waals surface area (Å²) in [6.45, 7) is 0. The molecule has 2 rings (SSSR count). The smallest absolute Gasteiger partial charge is 0.326 e. The van der Waals surface area contributed by atoms with Crippen LogP contribution in [0.3, 0.4) is 0 Å². The van der Waals surface area contributed by atoms with Crippen molar-refractivity contribution in [1.82, 2.24) is 5.32 Å². The minimum atomic E-state index is -1.13. The molecule has 5 heteroatoms. The molecule has 0 saturated heterocycles. The molecular weight excluding hydrogens is 285 g/mol. The van der Waals surface area contributed by atoms with E-state index in [2.05, 4.69) is 5.32 Å². The first-order valence-electron chi connectivity index (χ1n) is 7.84. The molecule has 1 amide bonds. The fourth-order valence-electron chi connectivity index (χ4n) is 2.92. The van der Waals surface area contributed by atoms with Crippen molar-refractivity contribution >= 4 is 11.9 Å². The summed E-state index contributed by atoms with van der Waals surface area (Å²) in [5.41, 5.74) is 0.302. The molecule has 0 aliphatic heterocycles. The molecular formula is C17H22FNO3. The Morgan fingerprint density at radius 3 is 2.41 bits per heavy atom. The van der Waals surface area contributed by atoms with Gasteiger partial charge in [0.1, 0.15) is 11.9 Å². The summed E-state index contributed by atoms with van der Waals surface area (Å²) >= 11 is 0. The lowest BCUT2D eigenvalue weighted by molar-refractivity contribution is -0.142. The number of halogens is 1. The number of nitrogens with one attached hydrogen (secondary N) is 1. The zero-order chi connectivity index (χ0) is 15.9. The van der Waals surface area contributed by atoms with Crippen LogP contribution in [0.4, 0.5) is 4.39 Å². The van der Waals surface area contributed by atoms with E-state index in [-0.39, 0.29) is 18.2 Å². The van der Waals surface area contributed by atoms with E-state index in [1.165, 1.54) is 6.07 Å². The highest BCUT2D eigenvalue weighted by atomic mass is 19.1. The molecule has 1 unspecified atom stereocenters. The third-order valence-corrected chi connectivity index (χ3v) is 4.22. The van der Waals surface area contributed by atoms with Crippen LogP contribution in [-0.2, 0) is 16.0 Å². The third kappa shape index (κ3) is 4.55. The lowest BCUT2D eigenvalue weighted by Crippen LogP contribution is -2.45. The van der Waals surface area contributed by atoms with Crippen molar-refractivity contribution in [3.05, 3.63) is 35.6 Å². The van der Waals surface area contributed by atoms with Crippen LogP contribution < -0.4 is 5.32 Å². The molecule has 22 heavy (non-hydrogen) atoms. The van der Waals surface area contributed by atoms with Gasteiger partial charge < -0.3 is 10.4 Å². The molecule has 1 aromatic rings. The van der Waals surface area contributed by atoms with Crippen LogP contribution >= 0.6 is 0 Å². The predicted octanol–water partition coefficient (Wildman–Crippen LogP) is 2.91. The number of benzene rings is 1. The van der Waals surface area contributed by atoms with E-state index in [4.69, 9.17) is 0 Å². The zero-order valence-corrected chi connectivity index (χ0v) is 12.6. The average molecular weight is 307 g/mol. The van der Waals surface area contributed by atoms with Crippen molar-refractivity contribution in [2.24, 2.45) is 5.92 Å². The second-order valence-electron chi connectivity index (χ2n) is 5.88. The molecule has 1 aromatic carbocycles. The van der Waals surface area contributed by atoms with Crippen molar-refractivity contribution < 1.29 is 19.1 Å². The third-order valence-electron chi connectivity index (χ3n) is 4.22. The summed E-state index contributed by atoms with van der Waals surface area (Å²) in [7, 11) is 0. The van der Waals surface area contributed by atoms with Gasteiger partial charge in [0.2, 0.25) is 5.91 Å². The van der Waals surface area contributed by atoms with Crippen molar-refractivity contribution in [1.29, 1.82) is 0 Å². The SMILES string of the molecule is O=C(NC(Cc1ccccc1F)C(=O)O)C1CCCCCC1. The standard InChI is InChI=1S/C17H22FNO3/c18-14-10-6-5-9-13(14)11-15(17(21)22)19-16(20)12-7-3-1-2-4-8-12/h5-6,9-10,12,15H,1-4,7-8,11H2,(H,19,20)(H,21,22). The van der Waals surface area contributed by atoms with Crippen LogP contribution in [-0.4, -0.2) is 23.0 Å². The largest absolute Gasteiger partial charge is 0.480 e. The molecule has 0 radical (unpaired) electrons. The van der Waals surface area contributed by atoms with Crippen LogP contribution in [0.5, 0.6) is 0 Å². The molecule has 1 saturated carbocycles. The van der Waals surface area contributed by atoms with Gasteiger partial charge >= 0.3 is 5.97 Å². The Kier molecular flexibility index (Phi) is 5.92. The molecule has 0 heterocycles. The van der Waals surface area contributed by atoms with Crippen molar-refractivity contribution in [2.45, 2.75) is 51.0 Å². The van der Waals surface area contributed by atoms with Crippen molar-refractivity contribution in [3.8, 4) is 0 Å². The van der Waals surface area contributed by atoms with E-state index < -0.39 is 17.8 Å². The second kappa shape index (κ2) is 7.92. The van der Waals surface area contributed by atoms with Crippen LogP contribution in [0.25, 0.3) is 0 Å². The van der Waals surface area contributed by atoms with E-state index in [0.29, 0.717) is 5.56 Å². The summed E-state index contributed by atoms with van der Waals surface area (Å²) in [5, 5.41) is 11.9. The predicted molar refractivity (Wildman–Crippen MR) is 80.9 cm³/mol. The maximum atomic E-state index is 13.7. The molecule has 2 N–H and O–H groups in total. The number of amides is 1. The normalized spacial score (nSPS) is 17.5. The van der Waals surface area contributed by atoms with Gasteiger partial charge in [-0.1, -0.05) is 43.9 Å². The Morgan fingerprint density at radius 2 is 1.82 bits per heavy atom. The summed E-state index contributed by atoms with van der Waals surface area (Å²) in [5.74, 6) is -1.92. The summed E-state index contributed by atoms with van der Waals surface area (Å²) in [6.07, 6.45) is 5.82. The number of carboxylic acids is 1. The number of hydrogen-bond acceptors (Lipinski definition) is 2. The van der Waals surface area contributed by atoms with Gasteiger partial charge in [-0.05, 0) is 24.5 Å². The first-order valence-corrected chi connectivity index (χ1v) is 7.84. The summed E-state index contributed by atoms with van der Waals surface area (Å²) in [6, 6.07) is 4.96. The van der Waals surface area contributed by atoms with E-state index in [1.54, 1.807) is 18.2 Å². The van der Waals surface area contributed by atoms with E-state index in [1.807, 2.05) is 0 Å². The first-order chi connectivity index (χ1) is 10.6. The Hall–Kier alpha value is -1.91. The zero-order valence-electron chi connectivity index (χ0n) is 12.6. The number of aliphatic carboxylic acids is 1. The molecule has 4 nitrogen and oxygen atoms in total. The van der Waals surface area contributed by atoms with Gasteiger partial charge in [0.15, 0.2) is 0 Å². The number of rotatable bonds is 5. The van der Waals surface area contributed by atoms with Gasteiger partial charge in [-0.15, -0.1) is 0 Å². The van der Waals surface area contributed by atoms with E-state index in [0.717, 1.165) is 38.5 Å². The monoisotopic (exact) mass is 307 g/mol. The lowest BCUT2D eigenvalue weighted by Gasteiger charge is -2.19. The highest BCUT2D eigenvalue weighted by molar-refractivity contribution is 5.85. The van der Waals surface area contributed by atoms with Gasteiger partial charge in [0.25, 0.3) is 0 Å². The number of carboxylic acid groups (broad SMARTS) is 1. The fraction of sp³-hybridized carbons (Fsp3) is 0.529. The van der Waals surface area contributed by atoms with E-state index >= 15 is 0 Å². The number of hydrogen-bond donors (Lipinski definition) is 2. The van der Waals surface area contributed by atoms with Gasteiger partial charge in [0.05, 0.1) is 0 Å². The molecule has 120 valence electrons. The highest BCUT2D eigenvalue weighted by Crippen LogP contribution is 2.23. The van der Waals surface area contributed by atoms with Gasteiger partial charge in [0, 0.05) is 12.3 Å². The molecule has 1 aliphatic carbocycles. The maximum absolute atomic E-state index is 13.7. The quantitative estimate of drug-likeness (QED) is 0.822. The molecule has 0 spiro atoms. The van der Waals surface area contributed by atoms with Crippen molar-refractivity contribution in [3.63, 3.8) is 0 Å². The average Bonchev–Trinajstić information content (AvgIpc) is 2.77. The van der Waals surface area contributed by atoms with Crippen LogP contribution in [0.2, 0.25) is 0 Å². The Bertz CT molecular complexity index is 524. The molecule has 0 bridgehead atoms. The fourth-order valence-corrected chi connectivity index (χ4v) is 2.92. The first kappa shape index (κ1) is 16.5. The Balaban J connectivity index is 2.00. The Morgan fingerprint density at radius 1 is 1.18 bits per heavy atom. The topological polar surface area (TPSA) is 66.4 Å². The molecule has 0 aromatic heterocycles. The lowest BCUT2D eigenvalue weighted by atomic mass is 9.98. The van der Waals surface area contributed by atoms with E-state index in [9.17, 15) is 19.1 Å². The highest BCUT2D eigenvalue weighted by Gasteiger charge is 2.26. The minimum absolute atomic E-state index is 0.0412. The number of carbonyl (C=O) groups excluding carboxylic acids is 1. The van der Waals surface area contributed by atoms with Gasteiger partial charge in [-0.3, -0.25) is 4.79 Å². The van der Waals surface area contributed by atoms with Gasteiger partial charge in [-0.25, -0.2) is 9.18 Å².